The molecule has 3 rings (SSSR count). The zero-order chi connectivity index (χ0) is 13.6. The SMILES string of the molecule is Cn1cc(Br)c2cc(-c3cc(C(=O)O)no3)ccc21. The Hall–Kier alpha value is -2.08. The van der Waals surface area contributed by atoms with E-state index in [1.807, 2.05) is 36.0 Å². The van der Waals surface area contributed by atoms with Gasteiger partial charge in [0.25, 0.3) is 0 Å². The zero-order valence-electron chi connectivity index (χ0n) is 9.92. The second kappa shape index (κ2) is 4.24. The lowest BCUT2D eigenvalue weighted by molar-refractivity contribution is 0.0686. The van der Waals surface area contributed by atoms with Gasteiger partial charge in [0.05, 0.1) is 0 Å². The number of carboxylic acids is 1. The molecule has 6 heteroatoms. The van der Waals surface area contributed by atoms with E-state index in [0.717, 1.165) is 20.9 Å². The molecule has 0 amide bonds. The smallest absolute Gasteiger partial charge is 0.358 e. The minimum atomic E-state index is -1.10. The van der Waals surface area contributed by atoms with Crippen molar-refractivity contribution in [3.05, 3.63) is 40.6 Å². The maximum Gasteiger partial charge on any atom is 0.358 e. The van der Waals surface area contributed by atoms with E-state index in [1.165, 1.54) is 6.07 Å². The summed E-state index contributed by atoms with van der Waals surface area (Å²) < 4.78 is 8.04. The van der Waals surface area contributed by atoms with Gasteiger partial charge < -0.3 is 14.2 Å². The van der Waals surface area contributed by atoms with Gasteiger partial charge in [0.15, 0.2) is 11.5 Å². The third-order valence-electron chi connectivity index (χ3n) is 2.95. The first-order valence-corrected chi connectivity index (χ1v) is 6.30. The minimum Gasteiger partial charge on any atom is -0.476 e. The van der Waals surface area contributed by atoms with Crippen molar-refractivity contribution in [2.24, 2.45) is 7.05 Å². The Morgan fingerprint density at radius 1 is 1.42 bits per heavy atom. The maximum atomic E-state index is 10.8. The van der Waals surface area contributed by atoms with E-state index in [9.17, 15) is 4.79 Å². The largest absolute Gasteiger partial charge is 0.476 e. The van der Waals surface area contributed by atoms with Crippen LogP contribution in [0.5, 0.6) is 0 Å². The summed E-state index contributed by atoms with van der Waals surface area (Å²) in [6.07, 6.45) is 1.97. The Kier molecular flexibility index (Phi) is 2.67. The molecule has 0 aliphatic rings. The number of aromatic nitrogens is 2. The molecule has 0 radical (unpaired) electrons. The summed E-state index contributed by atoms with van der Waals surface area (Å²) in [5.41, 5.74) is 1.77. The van der Waals surface area contributed by atoms with Crippen molar-refractivity contribution >= 4 is 32.8 Å². The van der Waals surface area contributed by atoms with Crippen LogP contribution in [-0.4, -0.2) is 20.8 Å². The average Bonchev–Trinajstić information content (AvgIpc) is 2.96. The van der Waals surface area contributed by atoms with Gasteiger partial charge in [0, 0.05) is 40.2 Å². The fourth-order valence-electron chi connectivity index (χ4n) is 2.01. The molecule has 0 saturated carbocycles. The maximum absolute atomic E-state index is 10.8. The highest BCUT2D eigenvalue weighted by Gasteiger charge is 2.13. The van der Waals surface area contributed by atoms with Crippen LogP contribution in [0.1, 0.15) is 10.5 Å². The first kappa shape index (κ1) is 12.0. The van der Waals surface area contributed by atoms with Crippen molar-refractivity contribution in [3.63, 3.8) is 0 Å². The topological polar surface area (TPSA) is 68.3 Å². The second-order valence-corrected chi connectivity index (χ2v) is 5.06. The molecule has 2 heterocycles. The summed E-state index contributed by atoms with van der Waals surface area (Å²) in [5.74, 6) is -0.660. The number of benzene rings is 1. The van der Waals surface area contributed by atoms with Crippen LogP contribution in [-0.2, 0) is 7.05 Å². The van der Waals surface area contributed by atoms with Crippen molar-refractivity contribution < 1.29 is 14.4 Å². The lowest BCUT2D eigenvalue weighted by Gasteiger charge is -1.98. The average molecular weight is 321 g/mol. The lowest BCUT2D eigenvalue weighted by atomic mass is 10.1. The Bertz CT molecular complexity index is 788. The van der Waals surface area contributed by atoms with Gasteiger partial charge in [-0.15, -0.1) is 0 Å². The van der Waals surface area contributed by atoms with E-state index >= 15 is 0 Å². The summed E-state index contributed by atoms with van der Waals surface area (Å²) in [7, 11) is 1.96. The van der Waals surface area contributed by atoms with Crippen LogP contribution in [0.15, 0.2) is 39.5 Å². The summed E-state index contributed by atoms with van der Waals surface area (Å²) in [5, 5.41) is 13.4. The van der Waals surface area contributed by atoms with Gasteiger partial charge in [0.2, 0.25) is 0 Å². The summed E-state index contributed by atoms with van der Waals surface area (Å²) >= 11 is 3.49. The monoisotopic (exact) mass is 320 g/mol. The number of hydrogen-bond acceptors (Lipinski definition) is 3. The first-order valence-electron chi connectivity index (χ1n) is 5.51. The molecule has 0 aliphatic heterocycles. The minimum absolute atomic E-state index is 0.0952. The summed E-state index contributed by atoms with van der Waals surface area (Å²) in [6, 6.07) is 7.19. The van der Waals surface area contributed by atoms with E-state index in [4.69, 9.17) is 9.63 Å². The number of carbonyl (C=O) groups is 1. The second-order valence-electron chi connectivity index (χ2n) is 4.20. The number of rotatable bonds is 2. The van der Waals surface area contributed by atoms with Crippen LogP contribution in [0.4, 0.5) is 0 Å². The molecule has 0 unspecified atom stereocenters. The predicted octanol–water partition coefficient (Wildman–Crippen LogP) is 3.29. The lowest BCUT2D eigenvalue weighted by Crippen LogP contribution is -1.94. The Morgan fingerprint density at radius 3 is 2.89 bits per heavy atom. The fourth-order valence-corrected chi connectivity index (χ4v) is 2.63. The quantitative estimate of drug-likeness (QED) is 0.786. The normalized spacial score (nSPS) is 11.1. The number of hydrogen-bond donors (Lipinski definition) is 1. The van der Waals surface area contributed by atoms with Gasteiger partial charge >= 0.3 is 5.97 Å². The molecule has 2 aromatic heterocycles. The molecule has 1 N–H and O–H groups in total. The van der Waals surface area contributed by atoms with Gasteiger partial charge in [-0.2, -0.15) is 0 Å². The number of aryl methyl sites for hydroxylation is 1. The highest BCUT2D eigenvalue weighted by Crippen LogP contribution is 2.30. The number of fused-ring (bicyclic) bond motifs is 1. The molecule has 1 aromatic carbocycles. The predicted molar refractivity (Wildman–Crippen MR) is 73.1 cm³/mol. The van der Waals surface area contributed by atoms with Crippen molar-refractivity contribution in [2.75, 3.05) is 0 Å². The van der Waals surface area contributed by atoms with Crippen molar-refractivity contribution in [2.45, 2.75) is 0 Å². The van der Waals surface area contributed by atoms with Gasteiger partial charge in [-0.3, -0.25) is 0 Å². The standard InChI is InChI=1S/C13H9BrN2O3/c1-16-6-9(14)8-4-7(2-3-11(8)16)12-5-10(13(17)18)15-19-12/h2-6H,1H3,(H,17,18). The molecule has 0 aliphatic carbocycles. The molecular formula is C13H9BrN2O3. The van der Waals surface area contributed by atoms with Gasteiger partial charge in [-0.1, -0.05) is 5.16 Å². The molecule has 96 valence electrons. The molecule has 19 heavy (non-hydrogen) atoms. The van der Waals surface area contributed by atoms with E-state index in [2.05, 4.69) is 21.1 Å². The molecule has 3 aromatic rings. The van der Waals surface area contributed by atoms with E-state index < -0.39 is 5.97 Å². The number of nitrogens with zero attached hydrogens (tertiary/aromatic N) is 2. The van der Waals surface area contributed by atoms with Gasteiger partial charge in [-0.05, 0) is 34.1 Å². The fraction of sp³-hybridized carbons (Fsp3) is 0.0769. The highest BCUT2D eigenvalue weighted by atomic mass is 79.9. The van der Waals surface area contributed by atoms with Gasteiger partial charge in [0.1, 0.15) is 0 Å². The number of aromatic carboxylic acids is 1. The zero-order valence-corrected chi connectivity index (χ0v) is 11.5. The van der Waals surface area contributed by atoms with E-state index in [-0.39, 0.29) is 5.69 Å². The van der Waals surface area contributed by atoms with Crippen LogP contribution in [0.3, 0.4) is 0 Å². The molecule has 0 bridgehead atoms. The molecular weight excluding hydrogens is 312 g/mol. The number of halogens is 1. The van der Waals surface area contributed by atoms with Gasteiger partial charge in [-0.25, -0.2) is 4.79 Å². The highest BCUT2D eigenvalue weighted by molar-refractivity contribution is 9.10. The number of carboxylic acid groups (broad SMARTS) is 1. The van der Waals surface area contributed by atoms with Crippen LogP contribution in [0.2, 0.25) is 0 Å². The molecule has 0 saturated heterocycles. The first-order chi connectivity index (χ1) is 9.06. The Balaban J connectivity index is 2.14. The van der Waals surface area contributed by atoms with E-state index in [1.54, 1.807) is 0 Å². The van der Waals surface area contributed by atoms with Crippen molar-refractivity contribution in [3.8, 4) is 11.3 Å². The molecule has 0 atom stereocenters. The van der Waals surface area contributed by atoms with E-state index in [0.29, 0.717) is 5.76 Å². The van der Waals surface area contributed by atoms with Crippen LogP contribution in [0.25, 0.3) is 22.2 Å². The summed E-state index contributed by atoms with van der Waals surface area (Å²) in [4.78, 5) is 10.8. The van der Waals surface area contributed by atoms with Crippen LogP contribution in [0, 0.1) is 0 Å². The molecule has 0 fully saturated rings. The molecule has 0 spiro atoms. The van der Waals surface area contributed by atoms with Crippen molar-refractivity contribution in [1.82, 2.24) is 9.72 Å². The third kappa shape index (κ3) is 1.94. The third-order valence-corrected chi connectivity index (χ3v) is 3.59. The Labute approximate surface area is 116 Å². The molecule has 5 nitrogen and oxygen atoms in total. The van der Waals surface area contributed by atoms with Crippen LogP contribution < -0.4 is 0 Å². The van der Waals surface area contributed by atoms with Crippen LogP contribution >= 0.6 is 15.9 Å². The van der Waals surface area contributed by atoms with Crippen molar-refractivity contribution in [1.29, 1.82) is 0 Å². The Morgan fingerprint density at radius 2 is 2.21 bits per heavy atom. The summed E-state index contributed by atoms with van der Waals surface area (Å²) in [6.45, 7) is 0.